The van der Waals surface area contributed by atoms with Crippen LogP contribution in [0.25, 0.3) is 5.57 Å². The summed E-state index contributed by atoms with van der Waals surface area (Å²) >= 11 is 0. The number of aryl methyl sites for hydroxylation is 3. The van der Waals surface area contributed by atoms with Gasteiger partial charge in [0.1, 0.15) is 11.4 Å². The van der Waals surface area contributed by atoms with E-state index in [2.05, 4.69) is 5.32 Å². The smallest absolute Gasteiger partial charge is 0.282 e. The van der Waals surface area contributed by atoms with E-state index in [4.69, 9.17) is 4.74 Å². The summed E-state index contributed by atoms with van der Waals surface area (Å²) in [5.74, 6) is -0.144. The van der Waals surface area contributed by atoms with Gasteiger partial charge in [0.05, 0.1) is 17.9 Å². The Kier molecular flexibility index (Phi) is 5.82. The van der Waals surface area contributed by atoms with Crippen molar-refractivity contribution in [3.05, 3.63) is 94.7 Å². The lowest BCUT2D eigenvalue weighted by Crippen LogP contribution is -2.32. The van der Waals surface area contributed by atoms with E-state index < -0.39 is 5.91 Å². The Morgan fingerprint density at radius 3 is 2.28 bits per heavy atom. The van der Waals surface area contributed by atoms with Gasteiger partial charge in [-0.15, -0.1) is 0 Å². The molecule has 162 valence electrons. The quantitative estimate of drug-likeness (QED) is 0.536. The van der Waals surface area contributed by atoms with Gasteiger partial charge in [-0.1, -0.05) is 42.0 Å². The van der Waals surface area contributed by atoms with Gasteiger partial charge in [-0.2, -0.15) is 0 Å². The van der Waals surface area contributed by atoms with E-state index >= 15 is 0 Å². The third-order valence-corrected chi connectivity index (χ3v) is 5.59. The third kappa shape index (κ3) is 4.02. The standard InChI is InChI=1S/C27H26N2O3/c1-5-32-23-8-6-7-22(16-23)29-26(30)24(20-12-9-17(2)10-13-20)25(27(29)31)28-21-14-11-18(3)19(4)15-21/h6-16,28H,5H2,1-4H3. The molecule has 32 heavy (non-hydrogen) atoms. The lowest BCUT2D eigenvalue weighted by Gasteiger charge is -2.16. The summed E-state index contributed by atoms with van der Waals surface area (Å²) in [5, 5.41) is 3.23. The van der Waals surface area contributed by atoms with Gasteiger partial charge in [0.2, 0.25) is 0 Å². The molecular weight excluding hydrogens is 400 g/mol. The van der Waals surface area contributed by atoms with Crippen molar-refractivity contribution in [3.8, 4) is 5.75 Å². The Morgan fingerprint density at radius 1 is 0.844 bits per heavy atom. The molecule has 0 saturated heterocycles. The Labute approximate surface area is 188 Å². The number of rotatable bonds is 6. The predicted molar refractivity (Wildman–Crippen MR) is 128 cm³/mol. The highest BCUT2D eigenvalue weighted by Gasteiger charge is 2.40. The molecule has 1 N–H and O–H groups in total. The molecule has 2 amide bonds. The molecule has 0 radical (unpaired) electrons. The molecule has 0 aromatic heterocycles. The van der Waals surface area contributed by atoms with E-state index in [1.807, 2.05) is 70.2 Å². The van der Waals surface area contributed by atoms with E-state index in [0.717, 1.165) is 22.4 Å². The number of carbonyl (C=O) groups is 2. The summed E-state index contributed by atoms with van der Waals surface area (Å²) in [6, 6.07) is 20.5. The van der Waals surface area contributed by atoms with Crippen molar-refractivity contribution in [3.63, 3.8) is 0 Å². The van der Waals surface area contributed by atoms with Crippen molar-refractivity contribution in [1.29, 1.82) is 0 Å². The second-order valence-electron chi connectivity index (χ2n) is 7.92. The lowest BCUT2D eigenvalue weighted by molar-refractivity contribution is -0.120. The maximum absolute atomic E-state index is 13.6. The molecule has 0 saturated carbocycles. The number of benzene rings is 3. The molecule has 0 spiro atoms. The molecule has 0 unspecified atom stereocenters. The second kappa shape index (κ2) is 8.71. The summed E-state index contributed by atoms with van der Waals surface area (Å²) in [6.45, 7) is 8.43. The molecule has 0 bridgehead atoms. The van der Waals surface area contributed by atoms with E-state index in [9.17, 15) is 9.59 Å². The van der Waals surface area contributed by atoms with Crippen LogP contribution >= 0.6 is 0 Å². The van der Waals surface area contributed by atoms with Crippen LogP contribution in [0.1, 0.15) is 29.2 Å². The van der Waals surface area contributed by atoms with Gasteiger partial charge in [0, 0.05) is 11.8 Å². The van der Waals surface area contributed by atoms with Crippen LogP contribution in [0.5, 0.6) is 5.75 Å². The van der Waals surface area contributed by atoms with Crippen molar-refractivity contribution < 1.29 is 14.3 Å². The maximum atomic E-state index is 13.6. The minimum absolute atomic E-state index is 0.268. The molecule has 4 rings (SSSR count). The number of carbonyl (C=O) groups excluding carboxylic acids is 2. The Bertz CT molecular complexity index is 1230. The Morgan fingerprint density at radius 2 is 1.59 bits per heavy atom. The van der Waals surface area contributed by atoms with Crippen LogP contribution in [0.4, 0.5) is 11.4 Å². The molecule has 1 aliphatic heterocycles. The van der Waals surface area contributed by atoms with Gasteiger partial charge in [0.15, 0.2) is 0 Å². The summed E-state index contributed by atoms with van der Waals surface area (Å²) in [6.07, 6.45) is 0. The summed E-state index contributed by atoms with van der Waals surface area (Å²) in [7, 11) is 0. The largest absolute Gasteiger partial charge is 0.494 e. The monoisotopic (exact) mass is 426 g/mol. The lowest BCUT2D eigenvalue weighted by atomic mass is 10.0. The zero-order valence-corrected chi connectivity index (χ0v) is 18.7. The number of imide groups is 1. The third-order valence-electron chi connectivity index (χ3n) is 5.59. The maximum Gasteiger partial charge on any atom is 0.282 e. The van der Waals surface area contributed by atoms with Gasteiger partial charge in [-0.25, -0.2) is 4.90 Å². The van der Waals surface area contributed by atoms with Crippen molar-refractivity contribution >= 4 is 28.8 Å². The molecule has 0 atom stereocenters. The van der Waals surface area contributed by atoms with Gasteiger partial charge in [0.25, 0.3) is 11.8 Å². The van der Waals surface area contributed by atoms with Crippen molar-refractivity contribution in [2.75, 3.05) is 16.8 Å². The van der Waals surface area contributed by atoms with Crippen LogP contribution in [0, 0.1) is 20.8 Å². The van der Waals surface area contributed by atoms with Crippen LogP contribution in [-0.2, 0) is 9.59 Å². The fourth-order valence-electron chi connectivity index (χ4n) is 3.71. The van der Waals surface area contributed by atoms with Crippen LogP contribution < -0.4 is 15.0 Å². The molecular formula is C27H26N2O3. The number of amides is 2. The first-order valence-electron chi connectivity index (χ1n) is 10.7. The SMILES string of the molecule is CCOc1cccc(N2C(=O)C(Nc3ccc(C)c(C)c3)=C(c3ccc(C)cc3)C2=O)c1. The van der Waals surface area contributed by atoms with E-state index in [1.54, 1.807) is 24.3 Å². The fourth-order valence-corrected chi connectivity index (χ4v) is 3.71. The van der Waals surface area contributed by atoms with Crippen LogP contribution in [0.15, 0.2) is 72.4 Å². The zero-order chi connectivity index (χ0) is 22.8. The number of nitrogens with one attached hydrogen (secondary N) is 1. The number of nitrogens with zero attached hydrogens (tertiary/aromatic N) is 1. The molecule has 3 aromatic carbocycles. The second-order valence-corrected chi connectivity index (χ2v) is 7.92. The Balaban J connectivity index is 1.80. The first-order valence-corrected chi connectivity index (χ1v) is 10.7. The average molecular weight is 427 g/mol. The predicted octanol–water partition coefficient (Wildman–Crippen LogP) is 5.41. The zero-order valence-electron chi connectivity index (χ0n) is 18.7. The number of anilines is 2. The van der Waals surface area contributed by atoms with Gasteiger partial charge in [-0.05, 0) is 68.7 Å². The van der Waals surface area contributed by atoms with Gasteiger partial charge < -0.3 is 10.1 Å². The molecule has 1 aliphatic rings. The van der Waals surface area contributed by atoms with Crippen LogP contribution in [0.3, 0.4) is 0 Å². The van der Waals surface area contributed by atoms with Crippen molar-refractivity contribution in [2.45, 2.75) is 27.7 Å². The highest BCUT2D eigenvalue weighted by Crippen LogP contribution is 2.35. The number of hydrogen-bond acceptors (Lipinski definition) is 4. The van der Waals surface area contributed by atoms with Crippen molar-refractivity contribution in [2.24, 2.45) is 0 Å². The minimum Gasteiger partial charge on any atom is -0.494 e. The fraction of sp³-hybridized carbons (Fsp3) is 0.185. The average Bonchev–Trinajstić information content (AvgIpc) is 3.01. The summed E-state index contributed by atoms with van der Waals surface area (Å²) < 4.78 is 5.57. The molecule has 3 aromatic rings. The summed E-state index contributed by atoms with van der Waals surface area (Å²) in [4.78, 5) is 28.3. The molecule has 0 fully saturated rings. The molecule has 0 aliphatic carbocycles. The molecule has 1 heterocycles. The minimum atomic E-state index is -0.391. The number of ether oxygens (including phenoxy) is 1. The van der Waals surface area contributed by atoms with E-state index in [-0.39, 0.29) is 11.6 Å². The van der Waals surface area contributed by atoms with Crippen LogP contribution in [0.2, 0.25) is 0 Å². The highest BCUT2D eigenvalue weighted by molar-refractivity contribution is 6.46. The Hall–Kier alpha value is -3.86. The first kappa shape index (κ1) is 21.4. The van der Waals surface area contributed by atoms with Crippen LogP contribution in [-0.4, -0.2) is 18.4 Å². The molecule has 5 heteroatoms. The van der Waals surface area contributed by atoms with Crippen molar-refractivity contribution in [1.82, 2.24) is 0 Å². The van der Waals surface area contributed by atoms with Gasteiger partial charge in [-0.3, -0.25) is 9.59 Å². The van der Waals surface area contributed by atoms with Gasteiger partial charge >= 0.3 is 0 Å². The number of hydrogen-bond donors (Lipinski definition) is 1. The normalized spacial score (nSPS) is 13.7. The first-order chi connectivity index (χ1) is 15.4. The van der Waals surface area contributed by atoms with E-state index in [1.165, 1.54) is 4.90 Å². The topological polar surface area (TPSA) is 58.6 Å². The summed E-state index contributed by atoms with van der Waals surface area (Å²) in [5.41, 5.74) is 5.90. The highest BCUT2D eigenvalue weighted by atomic mass is 16.5. The van der Waals surface area contributed by atoms with E-state index in [0.29, 0.717) is 29.2 Å². The molecule has 5 nitrogen and oxygen atoms in total.